The molecule has 0 aromatic carbocycles. The lowest BCUT2D eigenvalue weighted by molar-refractivity contribution is 0.395. The summed E-state index contributed by atoms with van der Waals surface area (Å²) in [7, 11) is 2.07. The summed E-state index contributed by atoms with van der Waals surface area (Å²) in [5, 5.41) is 8.32. The van der Waals surface area contributed by atoms with Crippen molar-refractivity contribution in [2.24, 2.45) is 18.4 Å². The lowest BCUT2D eigenvalue weighted by Crippen LogP contribution is -2.35. The maximum atomic E-state index is 4.57. The minimum Gasteiger partial charge on any atom is -0.313 e. The van der Waals surface area contributed by atoms with E-state index in [-0.39, 0.29) is 0 Å². The van der Waals surface area contributed by atoms with Crippen LogP contribution in [0.15, 0.2) is 6.07 Å². The van der Waals surface area contributed by atoms with Crippen molar-refractivity contribution in [2.45, 2.75) is 59.4 Å². The summed E-state index contributed by atoms with van der Waals surface area (Å²) < 4.78 is 2.06. The van der Waals surface area contributed by atoms with Gasteiger partial charge >= 0.3 is 0 Å². The van der Waals surface area contributed by atoms with Crippen LogP contribution in [-0.2, 0) is 19.9 Å². The molecular formula is C16H29N3. The zero-order valence-corrected chi connectivity index (χ0v) is 13.2. The number of rotatable bonds is 7. The van der Waals surface area contributed by atoms with Crippen molar-refractivity contribution in [3.8, 4) is 0 Å². The fraction of sp³-hybridized carbons (Fsp3) is 0.812. The number of hydrogen-bond donors (Lipinski definition) is 1. The quantitative estimate of drug-likeness (QED) is 0.819. The second-order valence-electron chi connectivity index (χ2n) is 6.67. The van der Waals surface area contributed by atoms with E-state index in [1.807, 2.05) is 0 Å². The fourth-order valence-corrected chi connectivity index (χ4v) is 3.04. The Morgan fingerprint density at radius 2 is 2.16 bits per heavy atom. The van der Waals surface area contributed by atoms with Crippen molar-refractivity contribution in [3.05, 3.63) is 17.5 Å². The molecule has 2 unspecified atom stereocenters. The molecule has 1 N–H and O–H groups in total. The highest BCUT2D eigenvalue weighted by Gasteiger charge is 2.49. The second kappa shape index (κ2) is 5.66. The maximum absolute atomic E-state index is 4.57. The highest BCUT2D eigenvalue weighted by Crippen LogP contribution is 2.54. The molecule has 0 saturated heterocycles. The van der Waals surface area contributed by atoms with Gasteiger partial charge in [0.2, 0.25) is 0 Å². The minimum atomic E-state index is 0.525. The van der Waals surface area contributed by atoms with Crippen molar-refractivity contribution in [3.63, 3.8) is 0 Å². The standard InChI is InChI=1S/C16H29N3/c1-6-8-17-15(14-11-16(14,3)4)10-13-9-12(7-2)18-19(13)5/h9,14-15,17H,6-8,10-11H2,1-5H3. The van der Waals surface area contributed by atoms with E-state index in [4.69, 9.17) is 0 Å². The van der Waals surface area contributed by atoms with Gasteiger partial charge < -0.3 is 5.32 Å². The van der Waals surface area contributed by atoms with Gasteiger partial charge in [-0.15, -0.1) is 0 Å². The van der Waals surface area contributed by atoms with Crippen molar-refractivity contribution < 1.29 is 0 Å². The Morgan fingerprint density at radius 3 is 2.63 bits per heavy atom. The molecule has 1 aromatic rings. The summed E-state index contributed by atoms with van der Waals surface area (Å²) in [6.45, 7) is 10.3. The molecule has 1 fully saturated rings. The van der Waals surface area contributed by atoms with Crippen LogP contribution in [0.4, 0.5) is 0 Å². The van der Waals surface area contributed by atoms with Gasteiger partial charge in [0.25, 0.3) is 0 Å². The molecule has 0 bridgehead atoms. The Hall–Kier alpha value is -0.830. The van der Waals surface area contributed by atoms with E-state index < -0.39 is 0 Å². The van der Waals surface area contributed by atoms with E-state index in [1.54, 1.807) is 0 Å². The van der Waals surface area contributed by atoms with Gasteiger partial charge in [0.05, 0.1) is 5.69 Å². The van der Waals surface area contributed by atoms with Gasteiger partial charge in [0.1, 0.15) is 0 Å². The third-order valence-electron chi connectivity index (χ3n) is 4.55. The lowest BCUT2D eigenvalue weighted by atomic mass is 9.99. The lowest BCUT2D eigenvalue weighted by Gasteiger charge is -2.20. The number of nitrogens with zero attached hydrogens (tertiary/aromatic N) is 2. The number of aromatic nitrogens is 2. The fourth-order valence-electron chi connectivity index (χ4n) is 3.04. The van der Waals surface area contributed by atoms with E-state index in [2.05, 4.69) is 55.9 Å². The van der Waals surface area contributed by atoms with Gasteiger partial charge in [-0.2, -0.15) is 5.10 Å². The topological polar surface area (TPSA) is 29.9 Å². The van der Waals surface area contributed by atoms with Crippen LogP contribution in [0.25, 0.3) is 0 Å². The van der Waals surface area contributed by atoms with Crippen LogP contribution >= 0.6 is 0 Å². The molecule has 3 heteroatoms. The van der Waals surface area contributed by atoms with Gasteiger partial charge in [0, 0.05) is 25.2 Å². The Morgan fingerprint density at radius 1 is 1.47 bits per heavy atom. The molecule has 2 atom stereocenters. The third kappa shape index (κ3) is 3.38. The van der Waals surface area contributed by atoms with E-state index in [0.717, 1.165) is 25.3 Å². The SMILES string of the molecule is CCCNC(Cc1cc(CC)nn1C)C1CC1(C)C. The van der Waals surface area contributed by atoms with Gasteiger partial charge in [-0.1, -0.05) is 27.7 Å². The summed E-state index contributed by atoms with van der Waals surface area (Å²) in [6, 6.07) is 2.88. The molecule has 0 spiro atoms. The van der Waals surface area contributed by atoms with Crippen LogP contribution < -0.4 is 5.32 Å². The Balaban J connectivity index is 2.04. The van der Waals surface area contributed by atoms with Crippen LogP contribution in [0.5, 0.6) is 0 Å². The molecule has 3 nitrogen and oxygen atoms in total. The molecular weight excluding hydrogens is 234 g/mol. The monoisotopic (exact) mass is 263 g/mol. The predicted octanol–water partition coefficient (Wildman–Crippen LogP) is 2.94. The first-order chi connectivity index (χ1) is 8.97. The second-order valence-corrected chi connectivity index (χ2v) is 6.67. The van der Waals surface area contributed by atoms with Crippen LogP contribution in [0.3, 0.4) is 0 Å². The van der Waals surface area contributed by atoms with Gasteiger partial charge in [-0.3, -0.25) is 4.68 Å². The first kappa shape index (κ1) is 14.6. The van der Waals surface area contributed by atoms with E-state index in [9.17, 15) is 0 Å². The Kier molecular flexibility index (Phi) is 4.34. The summed E-state index contributed by atoms with van der Waals surface area (Å²) >= 11 is 0. The Bertz CT molecular complexity index is 420. The molecule has 1 aliphatic carbocycles. The number of aryl methyl sites for hydroxylation is 2. The van der Waals surface area contributed by atoms with Crippen LogP contribution in [0.1, 0.15) is 51.9 Å². The average molecular weight is 263 g/mol. The highest BCUT2D eigenvalue weighted by atomic mass is 15.3. The molecule has 0 aliphatic heterocycles. The molecule has 1 saturated carbocycles. The van der Waals surface area contributed by atoms with E-state index >= 15 is 0 Å². The zero-order chi connectivity index (χ0) is 14.0. The van der Waals surface area contributed by atoms with E-state index in [0.29, 0.717) is 11.5 Å². The van der Waals surface area contributed by atoms with Gasteiger partial charge in [0.15, 0.2) is 0 Å². The molecule has 19 heavy (non-hydrogen) atoms. The van der Waals surface area contributed by atoms with Crippen LogP contribution in [-0.4, -0.2) is 22.4 Å². The average Bonchev–Trinajstić information content (AvgIpc) is 2.84. The van der Waals surface area contributed by atoms with Gasteiger partial charge in [-0.25, -0.2) is 0 Å². The largest absolute Gasteiger partial charge is 0.313 e. The smallest absolute Gasteiger partial charge is 0.0624 e. The minimum absolute atomic E-state index is 0.525. The predicted molar refractivity (Wildman–Crippen MR) is 80.3 cm³/mol. The first-order valence-electron chi connectivity index (χ1n) is 7.73. The summed E-state index contributed by atoms with van der Waals surface area (Å²) in [4.78, 5) is 0. The molecule has 1 heterocycles. The zero-order valence-electron chi connectivity index (χ0n) is 13.2. The number of nitrogens with one attached hydrogen (secondary N) is 1. The normalized spacial score (nSPS) is 22.5. The van der Waals surface area contributed by atoms with Crippen LogP contribution in [0, 0.1) is 11.3 Å². The maximum Gasteiger partial charge on any atom is 0.0624 e. The number of hydrogen-bond acceptors (Lipinski definition) is 2. The molecule has 0 amide bonds. The molecule has 108 valence electrons. The van der Waals surface area contributed by atoms with Crippen molar-refractivity contribution >= 4 is 0 Å². The molecule has 1 aliphatic rings. The third-order valence-corrected chi connectivity index (χ3v) is 4.55. The first-order valence-corrected chi connectivity index (χ1v) is 7.73. The van der Waals surface area contributed by atoms with Crippen molar-refractivity contribution in [1.82, 2.24) is 15.1 Å². The molecule has 2 rings (SSSR count). The van der Waals surface area contributed by atoms with Crippen LogP contribution in [0.2, 0.25) is 0 Å². The van der Waals surface area contributed by atoms with Gasteiger partial charge in [-0.05, 0) is 43.2 Å². The summed E-state index contributed by atoms with van der Waals surface area (Å²) in [5.74, 6) is 0.819. The summed E-state index contributed by atoms with van der Waals surface area (Å²) in [6.07, 6.45) is 4.69. The molecule has 1 aromatic heterocycles. The van der Waals surface area contributed by atoms with E-state index in [1.165, 1.54) is 24.2 Å². The highest BCUT2D eigenvalue weighted by molar-refractivity contribution is 5.14. The Labute approximate surface area is 117 Å². The summed E-state index contributed by atoms with van der Waals surface area (Å²) in [5.41, 5.74) is 3.10. The van der Waals surface area contributed by atoms with Crippen molar-refractivity contribution in [2.75, 3.05) is 6.54 Å². The van der Waals surface area contributed by atoms with Crippen molar-refractivity contribution in [1.29, 1.82) is 0 Å². The molecule has 0 radical (unpaired) electrons.